The second-order valence-corrected chi connectivity index (χ2v) is 4.43. The van der Waals surface area contributed by atoms with Gasteiger partial charge in [0.05, 0.1) is 29.2 Å². The smallest absolute Gasteiger partial charge is 0.354 e. The van der Waals surface area contributed by atoms with Crippen LogP contribution in [0.4, 0.5) is 0 Å². The summed E-state index contributed by atoms with van der Waals surface area (Å²) in [5, 5.41) is 13.8. The standard InChI is InChI=1S/C11H13ClN4O2/c1-6-10(12)9(15(3)14-6)5-16-7(2)13-4-8(16)11(17)18/h4H,5H2,1-3H3,(H,17,18). The lowest BCUT2D eigenvalue weighted by Crippen LogP contribution is -2.13. The first-order chi connectivity index (χ1) is 8.41. The van der Waals surface area contributed by atoms with E-state index in [-0.39, 0.29) is 5.69 Å². The number of halogens is 1. The topological polar surface area (TPSA) is 72.9 Å². The van der Waals surface area contributed by atoms with E-state index in [2.05, 4.69) is 10.1 Å². The molecule has 0 amide bonds. The fraction of sp³-hybridized carbons (Fsp3) is 0.364. The Morgan fingerprint density at radius 3 is 2.67 bits per heavy atom. The lowest BCUT2D eigenvalue weighted by molar-refractivity contribution is 0.0685. The third kappa shape index (κ3) is 1.99. The maximum Gasteiger partial charge on any atom is 0.354 e. The van der Waals surface area contributed by atoms with Gasteiger partial charge in [-0.05, 0) is 13.8 Å². The average molecular weight is 269 g/mol. The maximum atomic E-state index is 11.1. The molecule has 0 bridgehead atoms. The van der Waals surface area contributed by atoms with Gasteiger partial charge in [-0.1, -0.05) is 11.6 Å². The van der Waals surface area contributed by atoms with Crippen LogP contribution in [0.25, 0.3) is 0 Å². The maximum absolute atomic E-state index is 11.1. The molecule has 6 nitrogen and oxygen atoms in total. The van der Waals surface area contributed by atoms with Crippen molar-refractivity contribution in [1.82, 2.24) is 19.3 Å². The first-order valence-electron chi connectivity index (χ1n) is 5.35. The molecule has 0 aliphatic heterocycles. The van der Waals surface area contributed by atoms with Crippen LogP contribution in [0.15, 0.2) is 6.20 Å². The molecule has 2 aromatic heterocycles. The highest BCUT2D eigenvalue weighted by Gasteiger charge is 2.17. The summed E-state index contributed by atoms with van der Waals surface area (Å²) in [6.45, 7) is 3.90. The Balaban J connectivity index is 2.46. The Morgan fingerprint density at radius 1 is 1.50 bits per heavy atom. The third-order valence-electron chi connectivity index (χ3n) is 2.84. The van der Waals surface area contributed by atoms with Crippen molar-refractivity contribution < 1.29 is 9.90 Å². The number of carboxylic acids is 1. The van der Waals surface area contributed by atoms with Crippen molar-refractivity contribution in [2.24, 2.45) is 7.05 Å². The highest BCUT2D eigenvalue weighted by atomic mass is 35.5. The molecule has 0 aliphatic rings. The number of carboxylic acid groups (broad SMARTS) is 1. The largest absolute Gasteiger partial charge is 0.477 e. The minimum Gasteiger partial charge on any atom is -0.477 e. The van der Waals surface area contributed by atoms with Gasteiger partial charge in [-0.3, -0.25) is 4.68 Å². The molecule has 2 rings (SSSR count). The molecule has 0 atom stereocenters. The van der Waals surface area contributed by atoms with Gasteiger partial charge in [-0.2, -0.15) is 5.10 Å². The van der Waals surface area contributed by atoms with Crippen LogP contribution in [0.3, 0.4) is 0 Å². The van der Waals surface area contributed by atoms with E-state index in [1.54, 1.807) is 23.2 Å². The molecule has 18 heavy (non-hydrogen) atoms. The normalized spacial score (nSPS) is 10.9. The Bertz CT molecular complexity index is 615. The van der Waals surface area contributed by atoms with E-state index in [1.165, 1.54) is 6.20 Å². The van der Waals surface area contributed by atoms with Crippen LogP contribution >= 0.6 is 11.6 Å². The van der Waals surface area contributed by atoms with Crippen molar-refractivity contribution in [2.45, 2.75) is 20.4 Å². The van der Waals surface area contributed by atoms with Gasteiger partial charge in [0, 0.05) is 7.05 Å². The summed E-state index contributed by atoms with van der Waals surface area (Å²) in [7, 11) is 1.78. The fourth-order valence-electron chi connectivity index (χ4n) is 1.84. The monoisotopic (exact) mass is 268 g/mol. The Kier molecular flexibility index (Phi) is 3.13. The van der Waals surface area contributed by atoms with E-state index >= 15 is 0 Å². The summed E-state index contributed by atoms with van der Waals surface area (Å²) in [6.07, 6.45) is 1.34. The van der Waals surface area contributed by atoms with E-state index in [0.29, 0.717) is 17.4 Å². The van der Waals surface area contributed by atoms with Gasteiger partial charge < -0.3 is 9.67 Å². The fourth-order valence-corrected chi connectivity index (χ4v) is 2.06. The lowest BCUT2D eigenvalue weighted by Gasteiger charge is -2.08. The summed E-state index contributed by atoms with van der Waals surface area (Å²) in [4.78, 5) is 15.1. The number of nitrogens with zero attached hydrogens (tertiary/aromatic N) is 4. The number of aryl methyl sites for hydroxylation is 3. The molecule has 0 saturated carbocycles. The van der Waals surface area contributed by atoms with E-state index in [0.717, 1.165) is 11.4 Å². The van der Waals surface area contributed by atoms with Gasteiger partial charge in [0.15, 0.2) is 0 Å². The van der Waals surface area contributed by atoms with Crippen molar-refractivity contribution in [1.29, 1.82) is 0 Å². The van der Waals surface area contributed by atoms with Crippen molar-refractivity contribution in [3.63, 3.8) is 0 Å². The second-order valence-electron chi connectivity index (χ2n) is 4.05. The number of aromatic carboxylic acids is 1. The summed E-state index contributed by atoms with van der Waals surface area (Å²) < 4.78 is 3.26. The average Bonchev–Trinajstić information content (AvgIpc) is 2.76. The summed E-state index contributed by atoms with van der Waals surface area (Å²) in [5.74, 6) is -0.382. The zero-order valence-corrected chi connectivity index (χ0v) is 11.1. The molecular formula is C11H13ClN4O2. The van der Waals surface area contributed by atoms with Gasteiger partial charge >= 0.3 is 5.97 Å². The quantitative estimate of drug-likeness (QED) is 0.918. The van der Waals surface area contributed by atoms with Crippen molar-refractivity contribution in [3.05, 3.63) is 34.1 Å². The van der Waals surface area contributed by atoms with Gasteiger partial charge in [0.1, 0.15) is 11.5 Å². The van der Waals surface area contributed by atoms with E-state index in [9.17, 15) is 4.79 Å². The molecular weight excluding hydrogens is 256 g/mol. The van der Waals surface area contributed by atoms with Crippen LogP contribution in [0.5, 0.6) is 0 Å². The van der Waals surface area contributed by atoms with E-state index < -0.39 is 5.97 Å². The molecule has 2 aromatic rings. The zero-order valence-electron chi connectivity index (χ0n) is 10.3. The molecule has 0 fully saturated rings. The number of aromatic nitrogens is 4. The zero-order chi connectivity index (χ0) is 13.4. The highest BCUT2D eigenvalue weighted by Crippen LogP contribution is 2.21. The van der Waals surface area contributed by atoms with Crippen LogP contribution in [0.1, 0.15) is 27.7 Å². The predicted octanol–water partition coefficient (Wildman–Crippen LogP) is 1.63. The van der Waals surface area contributed by atoms with Gasteiger partial charge in [-0.15, -0.1) is 0 Å². The number of hydrogen-bond donors (Lipinski definition) is 1. The molecule has 0 saturated heterocycles. The summed E-state index contributed by atoms with van der Waals surface area (Å²) in [6, 6.07) is 0. The highest BCUT2D eigenvalue weighted by molar-refractivity contribution is 6.31. The molecule has 0 aliphatic carbocycles. The number of hydrogen-bond acceptors (Lipinski definition) is 3. The van der Waals surface area contributed by atoms with Crippen LogP contribution < -0.4 is 0 Å². The van der Waals surface area contributed by atoms with Crippen LogP contribution in [0.2, 0.25) is 5.02 Å². The van der Waals surface area contributed by atoms with Gasteiger partial charge in [-0.25, -0.2) is 9.78 Å². The van der Waals surface area contributed by atoms with Crippen molar-refractivity contribution in [3.8, 4) is 0 Å². The van der Waals surface area contributed by atoms with Crippen molar-refractivity contribution >= 4 is 17.6 Å². The number of imidazole rings is 1. The van der Waals surface area contributed by atoms with Crippen LogP contribution in [-0.2, 0) is 13.6 Å². The van der Waals surface area contributed by atoms with Gasteiger partial charge in [0.25, 0.3) is 0 Å². The molecule has 2 heterocycles. The first kappa shape index (κ1) is 12.6. The predicted molar refractivity (Wildman–Crippen MR) is 66.0 cm³/mol. The Morgan fingerprint density at radius 2 is 2.17 bits per heavy atom. The number of rotatable bonds is 3. The van der Waals surface area contributed by atoms with Crippen LogP contribution in [0, 0.1) is 13.8 Å². The van der Waals surface area contributed by atoms with E-state index in [4.69, 9.17) is 16.7 Å². The Hall–Kier alpha value is -1.82. The summed E-state index contributed by atoms with van der Waals surface area (Å²) in [5.41, 5.74) is 1.63. The lowest BCUT2D eigenvalue weighted by atomic mass is 10.3. The minimum absolute atomic E-state index is 0.141. The second kappa shape index (κ2) is 4.45. The number of carbonyl (C=O) groups is 1. The first-order valence-corrected chi connectivity index (χ1v) is 5.73. The van der Waals surface area contributed by atoms with E-state index in [1.807, 2.05) is 6.92 Å². The SMILES string of the molecule is Cc1nn(C)c(Cn2c(C(=O)O)cnc2C)c1Cl. The molecule has 0 spiro atoms. The minimum atomic E-state index is -1.01. The van der Waals surface area contributed by atoms with Crippen LogP contribution in [-0.4, -0.2) is 30.4 Å². The van der Waals surface area contributed by atoms with Gasteiger partial charge in [0.2, 0.25) is 0 Å². The third-order valence-corrected chi connectivity index (χ3v) is 3.34. The molecule has 96 valence electrons. The molecule has 1 N–H and O–H groups in total. The molecule has 0 aromatic carbocycles. The van der Waals surface area contributed by atoms with Crippen molar-refractivity contribution in [2.75, 3.05) is 0 Å². The molecule has 7 heteroatoms. The Labute approximate surface area is 109 Å². The molecule has 0 unspecified atom stereocenters. The molecule has 0 radical (unpaired) electrons. The summed E-state index contributed by atoms with van der Waals surface area (Å²) >= 11 is 6.15.